The van der Waals surface area contributed by atoms with Gasteiger partial charge in [0.2, 0.25) is 0 Å². The molecule has 4 nitrogen and oxygen atoms in total. The number of hydrogen-bond donors (Lipinski definition) is 0. The van der Waals surface area contributed by atoms with Crippen molar-refractivity contribution in [3.63, 3.8) is 0 Å². The summed E-state index contributed by atoms with van der Waals surface area (Å²) in [6.07, 6.45) is 7.70. The Morgan fingerprint density at radius 3 is 2.32 bits per heavy atom. The molecule has 148 valence electrons. The second kappa shape index (κ2) is 8.44. The maximum absolute atomic E-state index is 13.0. The van der Waals surface area contributed by atoms with E-state index in [0.717, 1.165) is 24.5 Å². The number of benzene rings is 1. The fourth-order valence-electron chi connectivity index (χ4n) is 4.09. The molecule has 0 N–H and O–H groups in total. The van der Waals surface area contributed by atoms with E-state index in [-0.39, 0.29) is 5.91 Å². The van der Waals surface area contributed by atoms with Crippen LogP contribution in [0.4, 0.5) is 0 Å². The molecule has 1 aliphatic heterocycles. The van der Waals surface area contributed by atoms with Crippen LogP contribution in [0.2, 0.25) is 0 Å². The highest BCUT2D eigenvalue weighted by Gasteiger charge is 2.33. The van der Waals surface area contributed by atoms with E-state index in [1.54, 1.807) is 6.20 Å². The van der Waals surface area contributed by atoms with E-state index in [4.69, 9.17) is 0 Å². The van der Waals surface area contributed by atoms with Gasteiger partial charge in [0, 0.05) is 24.5 Å². The van der Waals surface area contributed by atoms with Crippen molar-refractivity contribution in [3.8, 4) is 0 Å². The molecule has 2 aliphatic rings. The first kappa shape index (κ1) is 19.1. The zero-order valence-corrected chi connectivity index (χ0v) is 17.1. The molecular weight excluding hydrogens is 346 g/mol. The molecule has 0 bridgehead atoms. The van der Waals surface area contributed by atoms with E-state index in [1.807, 2.05) is 24.0 Å². The number of aryl methyl sites for hydroxylation is 1. The van der Waals surface area contributed by atoms with Gasteiger partial charge in [-0.05, 0) is 88.3 Å². The monoisotopic (exact) mass is 377 g/mol. The summed E-state index contributed by atoms with van der Waals surface area (Å²) >= 11 is 0. The minimum Gasteiger partial charge on any atom is -0.331 e. The number of piperidine rings is 1. The van der Waals surface area contributed by atoms with Crippen molar-refractivity contribution in [2.75, 3.05) is 20.1 Å². The minimum atomic E-state index is 0.102. The average molecular weight is 378 g/mol. The van der Waals surface area contributed by atoms with Gasteiger partial charge in [-0.3, -0.25) is 9.78 Å². The highest BCUT2D eigenvalue weighted by Crippen LogP contribution is 2.30. The molecule has 1 saturated heterocycles. The molecule has 1 aromatic carbocycles. The average Bonchev–Trinajstić information content (AvgIpc) is 3.54. The first-order chi connectivity index (χ1) is 13.6. The molecule has 0 unspecified atom stereocenters. The molecule has 2 heterocycles. The zero-order valence-electron chi connectivity index (χ0n) is 17.1. The molecule has 0 spiro atoms. The third kappa shape index (κ3) is 4.79. The van der Waals surface area contributed by atoms with Crippen molar-refractivity contribution < 1.29 is 4.79 Å². The molecule has 1 saturated carbocycles. The highest BCUT2D eigenvalue weighted by molar-refractivity contribution is 5.94. The summed E-state index contributed by atoms with van der Waals surface area (Å²) in [5, 5.41) is 0. The minimum absolute atomic E-state index is 0.102. The molecule has 4 heteroatoms. The predicted octanol–water partition coefficient (Wildman–Crippen LogP) is 4.08. The Morgan fingerprint density at radius 2 is 1.71 bits per heavy atom. The highest BCUT2D eigenvalue weighted by atomic mass is 16.2. The topological polar surface area (TPSA) is 36.4 Å². The van der Waals surface area contributed by atoms with Crippen molar-refractivity contribution in [2.24, 2.45) is 5.92 Å². The Labute approximate surface area is 168 Å². The van der Waals surface area contributed by atoms with Crippen LogP contribution in [0.3, 0.4) is 0 Å². The van der Waals surface area contributed by atoms with Crippen molar-refractivity contribution in [1.82, 2.24) is 14.8 Å². The molecule has 2 fully saturated rings. The number of pyridine rings is 1. The van der Waals surface area contributed by atoms with Crippen molar-refractivity contribution in [2.45, 2.75) is 51.6 Å². The Morgan fingerprint density at radius 1 is 1.04 bits per heavy atom. The smallest absolute Gasteiger partial charge is 0.255 e. The third-order valence-corrected chi connectivity index (χ3v) is 6.15. The van der Waals surface area contributed by atoms with E-state index in [2.05, 4.69) is 41.2 Å². The Bertz CT molecular complexity index is 788. The summed E-state index contributed by atoms with van der Waals surface area (Å²) in [6.45, 7) is 5.07. The fourth-order valence-corrected chi connectivity index (χ4v) is 4.09. The molecule has 0 atom stereocenters. The fraction of sp³-hybridized carbons (Fsp3) is 0.500. The lowest BCUT2D eigenvalue weighted by atomic mass is 9.90. The van der Waals surface area contributed by atoms with E-state index in [1.165, 1.54) is 43.5 Å². The van der Waals surface area contributed by atoms with Gasteiger partial charge in [0.15, 0.2) is 0 Å². The summed E-state index contributed by atoms with van der Waals surface area (Å²) in [5.74, 6) is 0.908. The summed E-state index contributed by atoms with van der Waals surface area (Å²) in [5.41, 5.74) is 4.27. The SMILES string of the molecule is Cc1ccc(C(=O)N(Cc2ccc(CC3CCN(C)CC3)cc2)C2CC2)cn1. The van der Waals surface area contributed by atoms with Crippen LogP contribution in [-0.2, 0) is 13.0 Å². The number of carbonyl (C=O) groups excluding carboxylic acids is 1. The van der Waals surface area contributed by atoms with E-state index < -0.39 is 0 Å². The van der Waals surface area contributed by atoms with Crippen molar-refractivity contribution in [3.05, 3.63) is 65.0 Å². The van der Waals surface area contributed by atoms with Gasteiger partial charge in [0.05, 0.1) is 5.56 Å². The number of carbonyl (C=O) groups is 1. The number of aromatic nitrogens is 1. The lowest BCUT2D eigenvalue weighted by molar-refractivity contribution is 0.0729. The molecule has 2 aromatic rings. The first-order valence-electron chi connectivity index (χ1n) is 10.6. The molecule has 4 rings (SSSR count). The van der Waals surface area contributed by atoms with Crippen LogP contribution >= 0.6 is 0 Å². The van der Waals surface area contributed by atoms with Gasteiger partial charge in [-0.25, -0.2) is 0 Å². The van der Waals surface area contributed by atoms with Crippen LogP contribution < -0.4 is 0 Å². The summed E-state index contributed by atoms with van der Waals surface area (Å²) in [7, 11) is 2.21. The van der Waals surface area contributed by atoms with E-state index >= 15 is 0 Å². The Kier molecular flexibility index (Phi) is 5.77. The first-order valence-corrected chi connectivity index (χ1v) is 10.6. The number of likely N-dealkylation sites (tertiary alicyclic amines) is 1. The summed E-state index contributed by atoms with van der Waals surface area (Å²) < 4.78 is 0. The third-order valence-electron chi connectivity index (χ3n) is 6.15. The molecule has 1 amide bonds. The van der Waals surface area contributed by atoms with Gasteiger partial charge in [-0.2, -0.15) is 0 Å². The second-order valence-corrected chi connectivity index (χ2v) is 8.62. The lowest BCUT2D eigenvalue weighted by Gasteiger charge is -2.29. The van der Waals surface area contributed by atoms with E-state index in [0.29, 0.717) is 18.2 Å². The van der Waals surface area contributed by atoms with Gasteiger partial charge in [0.1, 0.15) is 0 Å². The number of rotatable bonds is 6. The second-order valence-electron chi connectivity index (χ2n) is 8.62. The van der Waals surface area contributed by atoms with Gasteiger partial charge >= 0.3 is 0 Å². The maximum atomic E-state index is 13.0. The summed E-state index contributed by atoms with van der Waals surface area (Å²) in [4.78, 5) is 21.7. The van der Waals surface area contributed by atoms with Crippen LogP contribution in [0.1, 0.15) is 52.9 Å². The molecule has 1 aromatic heterocycles. The molecule has 1 aliphatic carbocycles. The molecule has 0 radical (unpaired) electrons. The van der Waals surface area contributed by atoms with Crippen LogP contribution in [-0.4, -0.2) is 46.9 Å². The molecular formula is C24H31N3O. The van der Waals surface area contributed by atoms with Crippen LogP contribution in [0, 0.1) is 12.8 Å². The van der Waals surface area contributed by atoms with E-state index in [9.17, 15) is 4.79 Å². The quantitative estimate of drug-likeness (QED) is 0.761. The predicted molar refractivity (Wildman–Crippen MR) is 112 cm³/mol. The van der Waals surface area contributed by atoms with Crippen molar-refractivity contribution >= 4 is 5.91 Å². The maximum Gasteiger partial charge on any atom is 0.255 e. The largest absolute Gasteiger partial charge is 0.331 e. The molecule has 28 heavy (non-hydrogen) atoms. The standard InChI is InChI=1S/C24H31N3O/c1-18-3-8-22(16-25-18)24(28)27(23-9-10-23)17-21-6-4-19(5-7-21)15-20-11-13-26(2)14-12-20/h3-8,16,20,23H,9-15,17H2,1-2H3. The van der Waals surface area contributed by atoms with Crippen LogP contribution in [0.25, 0.3) is 0 Å². The number of hydrogen-bond acceptors (Lipinski definition) is 3. The van der Waals surface area contributed by atoms with Crippen LogP contribution in [0.5, 0.6) is 0 Å². The van der Waals surface area contributed by atoms with Gasteiger partial charge in [-0.1, -0.05) is 24.3 Å². The normalized spacial score (nSPS) is 18.2. The lowest BCUT2D eigenvalue weighted by Crippen LogP contribution is -2.32. The zero-order chi connectivity index (χ0) is 19.5. The summed E-state index contributed by atoms with van der Waals surface area (Å²) in [6, 6.07) is 13.1. The van der Waals surface area contributed by atoms with Gasteiger partial charge in [-0.15, -0.1) is 0 Å². The van der Waals surface area contributed by atoms with Gasteiger partial charge in [0.25, 0.3) is 5.91 Å². The Hall–Kier alpha value is -2.20. The van der Waals surface area contributed by atoms with Crippen molar-refractivity contribution in [1.29, 1.82) is 0 Å². The van der Waals surface area contributed by atoms with Crippen LogP contribution in [0.15, 0.2) is 42.6 Å². The number of amides is 1. The van der Waals surface area contributed by atoms with Gasteiger partial charge < -0.3 is 9.80 Å². The Balaban J connectivity index is 1.39. The number of nitrogens with zero attached hydrogens (tertiary/aromatic N) is 3.